The summed E-state index contributed by atoms with van der Waals surface area (Å²) in [7, 11) is 0. The Balaban J connectivity index is 4.10. The van der Waals surface area contributed by atoms with Gasteiger partial charge in [-0.05, 0) is 20.8 Å². The van der Waals surface area contributed by atoms with Gasteiger partial charge in [0.2, 0.25) is 0 Å². The van der Waals surface area contributed by atoms with E-state index in [1.165, 1.54) is 0 Å². The van der Waals surface area contributed by atoms with Gasteiger partial charge in [0, 0.05) is 6.61 Å². The number of ether oxygens (including phenoxy) is 1. The van der Waals surface area contributed by atoms with Gasteiger partial charge in [-0.2, -0.15) is 5.10 Å². The van der Waals surface area contributed by atoms with Crippen LogP contribution in [0.25, 0.3) is 0 Å². The van der Waals surface area contributed by atoms with Crippen molar-refractivity contribution in [2.24, 2.45) is 16.7 Å². The molecule has 0 radical (unpaired) electrons. The molecule has 0 saturated heterocycles. The van der Waals surface area contributed by atoms with Gasteiger partial charge < -0.3 is 16.3 Å². The highest BCUT2D eigenvalue weighted by Gasteiger charge is 2.22. The Kier molecular flexibility index (Phi) is 3.15. The first kappa shape index (κ1) is 9.23. The van der Waals surface area contributed by atoms with E-state index < -0.39 is 5.60 Å². The van der Waals surface area contributed by atoms with Crippen LogP contribution in [0, 0.1) is 0 Å². The first-order chi connectivity index (χ1) is 4.54. The van der Waals surface area contributed by atoms with E-state index in [4.69, 9.17) is 16.3 Å². The van der Waals surface area contributed by atoms with Gasteiger partial charge in [0.25, 0.3) is 0 Å². The highest BCUT2D eigenvalue weighted by Crippen LogP contribution is 2.07. The van der Waals surface area contributed by atoms with Crippen molar-refractivity contribution >= 4 is 5.84 Å². The minimum Gasteiger partial charge on any atom is -0.383 e. The molecule has 0 aliphatic carbocycles. The fraction of sp³-hybridized carbons (Fsp3) is 0.833. The molecule has 0 heterocycles. The van der Waals surface area contributed by atoms with Crippen LogP contribution in [0.2, 0.25) is 0 Å². The third kappa shape index (κ3) is 2.23. The normalized spacial score (nSPS) is 13.7. The molecule has 0 aromatic carbocycles. The van der Waals surface area contributed by atoms with Gasteiger partial charge in [-0.3, -0.25) is 0 Å². The molecule has 0 saturated carbocycles. The predicted octanol–water partition coefficient (Wildman–Crippen LogP) is 0.0324. The standard InChI is InChI=1S/C6H15N3O/c1-4-10-6(2,3)5(7)9-8/h4,8H2,1-3H3,(H2,7,9). The lowest BCUT2D eigenvalue weighted by molar-refractivity contribution is 0.0429. The molecular weight excluding hydrogens is 130 g/mol. The average Bonchev–Trinajstić information content (AvgIpc) is 1.86. The summed E-state index contributed by atoms with van der Waals surface area (Å²) in [5.41, 5.74) is 4.90. The molecule has 0 aromatic rings. The minimum atomic E-state index is -0.538. The van der Waals surface area contributed by atoms with Crippen LogP contribution in [0.15, 0.2) is 5.10 Å². The van der Waals surface area contributed by atoms with Crippen molar-refractivity contribution in [3.8, 4) is 0 Å². The van der Waals surface area contributed by atoms with E-state index >= 15 is 0 Å². The first-order valence-corrected chi connectivity index (χ1v) is 3.22. The maximum Gasteiger partial charge on any atom is 0.151 e. The van der Waals surface area contributed by atoms with E-state index in [0.717, 1.165) is 0 Å². The largest absolute Gasteiger partial charge is 0.383 e. The van der Waals surface area contributed by atoms with Crippen molar-refractivity contribution in [2.75, 3.05) is 6.61 Å². The molecule has 60 valence electrons. The van der Waals surface area contributed by atoms with Crippen LogP contribution in [-0.2, 0) is 4.74 Å². The van der Waals surface area contributed by atoms with Crippen LogP contribution in [0.4, 0.5) is 0 Å². The molecule has 0 fully saturated rings. The lowest BCUT2D eigenvalue weighted by Gasteiger charge is -2.22. The molecule has 0 unspecified atom stereocenters. The SMILES string of the molecule is CCOC(C)(C)C(N)=NN. The Labute approximate surface area is 61.2 Å². The number of rotatable bonds is 3. The molecule has 4 N–H and O–H groups in total. The lowest BCUT2D eigenvalue weighted by Crippen LogP contribution is -2.41. The van der Waals surface area contributed by atoms with E-state index in [1.807, 2.05) is 20.8 Å². The van der Waals surface area contributed by atoms with Gasteiger partial charge in [0.05, 0.1) is 0 Å². The molecule has 0 aliphatic rings. The van der Waals surface area contributed by atoms with Crippen LogP contribution < -0.4 is 11.6 Å². The van der Waals surface area contributed by atoms with Crippen LogP contribution in [0.1, 0.15) is 20.8 Å². The summed E-state index contributed by atoms with van der Waals surface area (Å²) in [5, 5.41) is 3.35. The first-order valence-electron chi connectivity index (χ1n) is 3.22. The summed E-state index contributed by atoms with van der Waals surface area (Å²) in [5.74, 6) is 5.29. The van der Waals surface area contributed by atoms with Crippen molar-refractivity contribution in [3.05, 3.63) is 0 Å². The number of amidine groups is 1. The second-order valence-corrected chi connectivity index (χ2v) is 2.46. The second kappa shape index (κ2) is 3.41. The van der Waals surface area contributed by atoms with Crippen LogP contribution >= 0.6 is 0 Å². The molecule has 0 aromatic heterocycles. The molecule has 4 nitrogen and oxygen atoms in total. The van der Waals surface area contributed by atoms with E-state index in [9.17, 15) is 0 Å². The zero-order valence-electron chi connectivity index (χ0n) is 6.72. The van der Waals surface area contributed by atoms with Gasteiger partial charge in [-0.25, -0.2) is 0 Å². The van der Waals surface area contributed by atoms with Crippen molar-refractivity contribution in [2.45, 2.75) is 26.4 Å². The molecule has 0 atom stereocenters. The smallest absolute Gasteiger partial charge is 0.151 e. The minimum absolute atomic E-state index is 0.314. The molecule has 0 amide bonds. The number of hydrogen-bond donors (Lipinski definition) is 2. The molecule has 0 bridgehead atoms. The van der Waals surface area contributed by atoms with Gasteiger partial charge >= 0.3 is 0 Å². The molecule has 0 aliphatic heterocycles. The van der Waals surface area contributed by atoms with Gasteiger partial charge in [0.15, 0.2) is 5.84 Å². The van der Waals surface area contributed by atoms with Gasteiger partial charge in [-0.15, -0.1) is 0 Å². The third-order valence-electron chi connectivity index (χ3n) is 1.26. The number of hydrazone groups is 1. The Morgan fingerprint density at radius 2 is 2.10 bits per heavy atom. The number of hydrogen-bond acceptors (Lipinski definition) is 3. The predicted molar refractivity (Wildman–Crippen MR) is 41.5 cm³/mol. The van der Waals surface area contributed by atoms with Crippen LogP contribution in [0.5, 0.6) is 0 Å². The summed E-state index contributed by atoms with van der Waals surface area (Å²) in [4.78, 5) is 0. The Hall–Kier alpha value is -0.770. The summed E-state index contributed by atoms with van der Waals surface area (Å²) in [6, 6.07) is 0. The topological polar surface area (TPSA) is 73.6 Å². The van der Waals surface area contributed by atoms with Crippen molar-refractivity contribution in [1.29, 1.82) is 0 Å². The molecule has 10 heavy (non-hydrogen) atoms. The molecule has 0 rings (SSSR count). The lowest BCUT2D eigenvalue weighted by atomic mass is 10.1. The van der Waals surface area contributed by atoms with E-state index in [0.29, 0.717) is 12.4 Å². The van der Waals surface area contributed by atoms with Crippen LogP contribution in [-0.4, -0.2) is 18.0 Å². The number of nitrogens with zero attached hydrogens (tertiary/aromatic N) is 1. The van der Waals surface area contributed by atoms with Crippen molar-refractivity contribution in [1.82, 2.24) is 0 Å². The summed E-state index contributed by atoms with van der Waals surface area (Å²) in [6.07, 6.45) is 0. The Bertz CT molecular complexity index is 131. The van der Waals surface area contributed by atoms with E-state index in [2.05, 4.69) is 5.10 Å². The second-order valence-electron chi connectivity index (χ2n) is 2.46. The maximum atomic E-state index is 5.44. The summed E-state index contributed by atoms with van der Waals surface area (Å²) in [6.45, 7) is 6.14. The zero-order chi connectivity index (χ0) is 8.20. The number of nitrogens with two attached hydrogens (primary N) is 2. The monoisotopic (exact) mass is 145 g/mol. The van der Waals surface area contributed by atoms with Gasteiger partial charge in [-0.1, -0.05) is 0 Å². The maximum absolute atomic E-state index is 5.44. The van der Waals surface area contributed by atoms with Crippen molar-refractivity contribution < 1.29 is 4.74 Å². The summed E-state index contributed by atoms with van der Waals surface area (Å²) < 4.78 is 5.25. The highest BCUT2D eigenvalue weighted by molar-refractivity contribution is 5.87. The van der Waals surface area contributed by atoms with E-state index in [-0.39, 0.29) is 0 Å². The average molecular weight is 145 g/mol. The Morgan fingerprint density at radius 1 is 1.60 bits per heavy atom. The zero-order valence-corrected chi connectivity index (χ0v) is 6.72. The fourth-order valence-electron chi connectivity index (χ4n) is 0.590. The summed E-state index contributed by atoms with van der Waals surface area (Å²) >= 11 is 0. The van der Waals surface area contributed by atoms with Gasteiger partial charge in [0.1, 0.15) is 5.60 Å². The third-order valence-corrected chi connectivity index (χ3v) is 1.26. The Morgan fingerprint density at radius 3 is 2.40 bits per heavy atom. The molecular formula is C6H15N3O. The fourth-order valence-corrected chi connectivity index (χ4v) is 0.590. The molecule has 4 heteroatoms. The quantitative estimate of drug-likeness (QED) is 0.255. The van der Waals surface area contributed by atoms with E-state index in [1.54, 1.807) is 0 Å². The highest BCUT2D eigenvalue weighted by atomic mass is 16.5. The van der Waals surface area contributed by atoms with Crippen molar-refractivity contribution in [3.63, 3.8) is 0 Å². The van der Waals surface area contributed by atoms with Crippen LogP contribution in [0.3, 0.4) is 0 Å². The molecule has 0 spiro atoms.